The normalized spacial score (nSPS) is 10.9. The number of aromatic amines is 1. The van der Waals surface area contributed by atoms with E-state index in [9.17, 15) is 14.0 Å². The van der Waals surface area contributed by atoms with E-state index < -0.39 is 17.6 Å². The molecule has 26 heavy (non-hydrogen) atoms. The molecule has 0 saturated heterocycles. The topological polar surface area (TPSA) is 72.1 Å². The Morgan fingerprint density at radius 1 is 1.27 bits per heavy atom. The third-order valence-corrected chi connectivity index (χ3v) is 4.24. The number of pyridine rings is 1. The summed E-state index contributed by atoms with van der Waals surface area (Å²) >= 11 is 6.02. The molecule has 0 aliphatic rings. The largest absolute Gasteiger partial charge is 0.423 e. The smallest absolute Gasteiger partial charge is 0.310 e. The third-order valence-electron chi connectivity index (χ3n) is 4.01. The van der Waals surface area contributed by atoms with Crippen LogP contribution in [0.15, 0.2) is 30.5 Å². The lowest BCUT2D eigenvalue weighted by Gasteiger charge is -2.07. The molecule has 0 spiro atoms. The summed E-state index contributed by atoms with van der Waals surface area (Å²) in [5, 5.41) is 0.885. The van der Waals surface area contributed by atoms with Gasteiger partial charge in [0.25, 0.3) is 0 Å². The maximum atomic E-state index is 14.6. The molecule has 0 radical (unpaired) electrons. The number of carbonyl (C=O) groups excluding carboxylic acids is 2. The zero-order valence-electron chi connectivity index (χ0n) is 14.2. The highest BCUT2D eigenvalue weighted by Crippen LogP contribution is 2.34. The van der Waals surface area contributed by atoms with Gasteiger partial charge in [-0.2, -0.15) is 0 Å². The summed E-state index contributed by atoms with van der Waals surface area (Å²) < 4.78 is 19.9. The lowest BCUT2D eigenvalue weighted by Crippen LogP contribution is -2.13. The second-order valence-corrected chi connectivity index (χ2v) is 6.10. The number of nitrogens with one attached hydrogen (secondary N) is 1. The predicted octanol–water partition coefficient (Wildman–Crippen LogP) is 4.46. The molecule has 1 N–H and O–H groups in total. The standard InChI is InChI=1S/C19H16ClFN2O3/c1-3-10-7-8-22-16(15(10)21)18(25)17-19(26-14(24)4-2)12-9-11(20)5-6-13(12)23-17/h5-9,23H,3-4H2,1-2H3. The Kier molecular flexibility index (Phi) is 5.04. The molecule has 0 aliphatic heterocycles. The van der Waals surface area contributed by atoms with Gasteiger partial charge in [0.05, 0.1) is 0 Å². The zero-order valence-corrected chi connectivity index (χ0v) is 15.0. The van der Waals surface area contributed by atoms with Gasteiger partial charge in [-0.3, -0.25) is 9.59 Å². The minimum atomic E-state index is -0.691. The number of H-pyrrole nitrogens is 1. The van der Waals surface area contributed by atoms with Gasteiger partial charge in [-0.05, 0) is 36.2 Å². The van der Waals surface area contributed by atoms with Gasteiger partial charge in [-0.1, -0.05) is 25.4 Å². The Bertz CT molecular complexity index is 1010. The minimum absolute atomic E-state index is 0.0300. The molecule has 0 amide bonds. The number of hydrogen-bond donors (Lipinski definition) is 1. The van der Waals surface area contributed by atoms with Crippen LogP contribution in [0.3, 0.4) is 0 Å². The van der Waals surface area contributed by atoms with Crippen molar-refractivity contribution in [2.24, 2.45) is 0 Å². The number of benzene rings is 1. The number of rotatable bonds is 5. The van der Waals surface area contributed by atoms with E-state index in [1.807, 2.05) is 0 Å². The Morgan fingerprint density at radius 3 is 2.73 bits per heavy atom. The van der Waals surface area contributed by atoms with Crippen molar-refractivity contribution in [1.29, 1.82) is 0 Å². The molecule has 0 aliphatic carbocycles. The Labute approximate surface area is 154 Å². The van der Waals surface area contributed by atoms with Crippen LogP contribution < -0.4 is 4.74 Å². The second-order valence-electron chi connectivity index (χ2n) is 5.66. The van der Waals surface area contributed by atoms with Gasteiger partial charge in [-0.25, -0.2) is 9.37 Å². The summed E-state index contributed by atoms with van der Waals surface area (Å²) in [4.78, 5) is 31.5. The summed E-state index contributed by atoms with van der Waals surface area (Å²) in [5.74, 6) is -1.86. The van der Waals surface area contributed by atoms with Crippen molar-refractivity contribution in [2.75, 3.05) is 0 Å². The quantitative estimate of drug-likeness (QED) is 0.528. The van der Waals surface area contributed by atoms with Gasteiger partial charge in [0.2, 0.25) is 5.78 Å². The molecule has 2 heterocycles. The van der Waals surface area contributed by atoms with Crippen molar-refractivity contribution in [3.63, 3.8) is 0 Å². The molecule has 2 aromatic heterocycles. The number of ether oxygens (including phenoxy) is 1. The average molecular weight is 375 g/mol. The fourth-order valence-electron chi connectivity index (χ4n) is 2.62. The van der Waals surface area contributed by atoms with E-state index in [1.54, 1.807) is 32.0 Å². The molecule has 0 bridgehead atoms. The number of fused-ring (bicyclic) bond motifs is 1. The zero-order chi connectivity index (χ0) is 18.8. The van der Waals surface area contributed by atoms with Crippen molar-refractivity contribution >= 4 is 34.3 Å². The molecule has 3 aromatic rings. The molecular formula is C19H16ClFN2O3. The van der Waals surface area contributed by atoms with Gasteiger partial charge >= 0.3 is 5.97 Å². The number of hydrogen-bond acceptors (Lipinski definition) is 4. The fraction of sp³-hybridized carbons (Fsp3) is 0.211. The summed E-state index contributed by atoms with van der Waals surface area (Å²) in [6, 6.07) is 6.39. The molecule has 0 saturated carbocycles. The van der Waals surface area contributed by atoms with Crippen molar-refractivity contribution < 1.29 is 18.7 Å². The summed E-state index contributed by atoms with van der Waals surface area (Å²) in [6.07, 6.45) is 1.93. The van der Waals surface area contributed by atoms with E-state index in [2.05, 4.69) is 9.97 Å². The van der Waals surface area contributed by atoms with Crippen LogP contribution in [0.4, 0.5) is 4.39 Å². The van der Waals surface area contributed by atoms with E-state index in [1.165, 1.54) is 12.3 Å². The lowest BCUT2D eigenvalue weighted by atomic mass is 10.1. The Morgan fingerprint density at radius 2 is 2.04 bits per heavy atom. The monoisotopic (exact) mass is 374 g/mol. The highest BCUT2D eigenvalue weighted by molar-refractivity contribution is 6.31. The maximum absolute atomic E-state index is 14.6. The number of halogens is 2. The van der Waals surface area contributed by atoms with E-state index in [-0.39, 0.29) is 23.6 Å². The lowest BCUT2D eigenvalue weighted by molar-refractivity contribution is -0.133. The maximum Gasteiger partial charge on any atom is 0.310 e. The highest BCUT2D eigenvalue weighted by atomic mass is 35.5. The molecule has 5 nitrogen and oxygen atoms in total. The first kappa shape index (κ1) is 18.1. The van der Waals surface area contributed by atoms with Crippen LogP contribution in [-0.2, 0) is 11.2 Å². The van der Waals surface area contributed by atoms with Crippen LogP contribution in [0.5, 0.6) is 5.75 Å². The van der Waals surface area contributed by atoms with Crippen LogP contribution in [0.1, 0.15) is 42.0 Å². The number of nitrogens with zero attached hydrogens (tertiary/aromatic N) is 1. The van der Waals surface area contributed by atoms with E-state index >= 15 is 0 Å². The average Bonchev–Trinajstić information content (AvgIpc) is 2.99. The number of aromatic nitrogens is 2. The summed E-state index contributed by atoms with van der Waals surface area (Å²) in [5.41, 5.74) is 0.567. The molecule has 3 rings (SSSR count). The molecule has 134 valence electrons. The van der Waals surface area contributed by atoms with Crippen molar-refractivity contribution in [3.8, 4) is 5.75 Å². The first-order valence-electron chi connectivity index (χ1n) is 8.16. The first-order chi connectivity index (χ1) is 12.5. The van der Waals surface area contributed by atoms with Crippen molar-refractivity contribution in [2.45, 2.75) is 26.7 Å². The number of carbonyl (C=O) groups is 2. The summed E-state index contributed by atoms with van der Waals surface area (Å²) in [7, 11) is 0. The second kappa shape index (κ2) is 7.25. The van der Waals surface area contributed by atoms with Crippen LogP contribution in [0.25, 0.3) is 10.9 Å². The molecule has 1 aromatic carbocycles. The first-order valence-corrected chi connectivity index (χ1v) is 8.54. The van der Waals surface area contributed by atoms with Gasteiger partial charge in [-0.15, -0.1) is 0 Å². The number of esters is 1. The third kappa shape index (κ3) is 3.20. The van der Waals surface area contributed by atoms with Gasteiger partial charge in [0.1, 0.15) is 11.4 Å². The molecular weight excluding hydrogens is 359 g/mol. The predicted molar refractivity (Wildman–Crippen MR) is 96.2 cm³/mol. The van der Waals surface area contributed by atoms with E-state index in [0.29, 0.717) is 27.9 Å². The highest BCUT2D eigenvalue weighted by Gasteiger charge is 2.26. The van der Waals surface area contributed by atoms with Crippen LogP contribution in [0.2, 0.25) is 5.02 Å². The van der Waals surface area contributed by atoms with Crippen molar-refractivity contribution in [3.05, 3.63) is 58.3 Å². The SMILES string of the molecule is CCC(=O)Oc1c(C(=O)c2nccc(CC)c2F)[nH]c2ccc(Cl)cc12. The molecule has 7 heteroatoms. The van der Waals surface area contributed by atoms with Gasteiger partial charge < -0.3 is 9.72 Å². The van der Waals surface area contributed by atoms with Crippen LogP contribution in [-0.4, -0.2) is 21.7 Å². The van der Waals surface area contributed by atoms with Crippen LogP contribution in [0, 0.1) is 5.82 Å². The molecule has 0 atom stereocenters. The van der Waals surface area contributed by atoms with Gasteiger partial charge in [0, 0.05) is 28.5 Å². The van der Waals surface area contributed by atoms with Gasteiger partial charge in [0.15, 0.2) is 11.6 Å². The van der Waals surface area contributed by atoms with E-state index in [4.69, 9.17) is 16.3 Å². The summed E-state index contributed by atoms with van der Waals surface area (Å²) in [6.45, 7) is 3.42. The number of aryl methyl sites for hydroxylation is 1. The van der Waals surface area contributed by atoms with Crippen LogP contribution >= 0.6 is 11.6 Å². The van der Waals surface area contributed by atoms with Crippen molar-refractivity contribution in [1.82, 2.24) is 9.97 Å². The fourth-order valence-corrected chi connectivity index (χ4v) is 2.80. The van der Waals surface area contributed by atoms with E-state index in [0.717, 1.165) is 0 Å². The Hall–Kier alpha value is -2.73. The minimum Gasteiger partial charge on any atom is -0.423 e. The molecule has 0 unspecified atom stereocenters. The molecule has 0 fully saturated rings. The number of ketones is 1. The Balaban J connectivity index is 2.19.